The molecule has 1 aliphatic carbocycles. The van der Waals surface area contributed by atoms with Crippen LogP contribution in [0.25, 0.3) is 0 Å². The van der Waals surface area contributed by atoms with Crippen molar-refractivity contribution in [2.45, 2.75) is 37.8 Å². The van der Waals surface area contributed by atoms with Gasteiger partial charge in [0.1, 0.15) is 6.04 Å². The van der Waals surface area contributed by atoms with E-state index in [1.807, 2.05) is 6.92 Å². The van der Waals surface area contributed by atoms with Crippen molar-refractivity contribution in [2.24, 2.45) is 0 Å². The van der Waals surface area contributed by atoms with Crippen molar-refractivity contribution in [3.05, 3.63) is 0 Å². The van der Waals surface area contributed by atoms with Crippen molar-refractivity contribution in [3.63, 3.8) is 0 Å². The molecule has 0 amide bonds. The molecule has 2 fully saturated rings. The van der Waals surface area contributed by atoms with Crippen LogP contribution in [0.2, 0.25) is 0 Å². The summed E-state index contributed by atoms with van der Waals surface area (Å²) in [5, 5.41) is 3.20. The van der Waals surface area contributed by atoms with Gasteiger partial charge in [-0.25, -0.2) is 0 Å². The molecule has 2 aliphatic rings. The Morgan fingerprint density at radius 3 is 3.00 bits per heavy atom. The number of hydrogen-bond acceptors (Lipinski definition) is 4. The van der Waals surface area contributed by atoms with Gasteiger partial charge in [0.2, 0.25) is 0 Å². The lowest BCUT2D eigenvalue weighted by Crippen LogP contribution is -2.65. The smallest absolute Gasteiger partial charge is 0.326 e. The summed E-state index contributed by atoms with van der Waals surface area (Å²) < 4.78 is 10.7. The van der Waals surface area contributed by atoms with Crippen molar-refractivity contribution in [3.8, 4) is 0 Å². The predicted molar refractivity (Wildman–Crippen MR) is 51.0 cm³/mol. The minimum atomic E-state index is -0.246. The molecule has 2 rings (SSSR count). The fourth-order valence-electron chi connectivity index (χ4n) is 2.21. The first kappa shape index (κ1) is 9.93. The standard InChI is InChI=1S/C10H17NO3/c1-2-13-9(12)8-10(4-3-5-10)14-7-6-11-8/h8,11H,2-7H2,1H3. The monoisotopic (exact) mass is 199 g/mol. The summed E-state index contributed by atoms with van der Waals surface area (Å²) in [5.74, 6) is -0.160. The van der Waals surface area contributed by atoms with E-state index in [1.54, 1.807) is 0 Å². The SMILES string of the molecule is CCOC(=O)C1NCCOC12CCC2. The Labute approximate surface area is 84.0 Å². The minimum absolute atomic E-state index is 0.160. The Balaban J connectivity index is 2.03. The van der Waals surface area contributed by atoms with Gasteiger partial charge in [0, 0.05) is 6.54 Å². The normalized spacial score (nSPS) is 29.6. The van der Waals surface area contributed by atoms with Crippen molar-refractivity contribution in [1.29, 1.82) is 0 Å². The summed E-state index contributed by atoms with van der Waals surface area (Å²) in [6, 6.07) is -0.245. The van der Waals surface area contributed by atoms with Gasteiger partial charge in [0.15, 0.2) is 0 Å². The molecule has 1 saturated heterocycles. The van der Waals surface area contributed by atoms with E-state index in [0.717, 1.165) is 25.8 Å². The minimum Gasteiger partial charge on any atom is -0.465 e. The topological polar surface area (TPSA) is 47.6 Å². The van der Waals surface area contributed by atoms with E-state index in [0.29, 0.717) is 13.2 Å². The second-order valence-electron chi connectivity index (χ2n) is 3.91. The predicted octanol–water partition coefficient (Wildman–Crippen LogP) is 0.461. The molecule has 1 atom stereocenters. The summed E-state index contributed by atoms with van der Waals surface area (Å²) in [6.45, 7) is 3.71. The molecular weight excluding hydrogens is 182 g/mol. The van der Waals surface area contributed by atoms with Crippen LogP contribution in [0.15, 0.2) is 0 Å². The third-order valence-corrected chi connectivity index (χ3v) is 3.09. The van der Waals surface area contributed by atoms with Gasteiger partial charge in [-0.3, -0.25) is 10.1 Å². The maximum atomic E-state index is 11.6. The molecule has 0 radical (unpaired) electrons. The van der Waals surface area contributed by atoms with Gasteiger partial charge in [0.05, 0.1) is 18.8 Å². The van der Waals surface area contributed by atoms with Crippen LogP contribution in [0, 0.1) is 0 Å². The Hall–Kier alpha value is -0.610. The van der Waals surface area contributed by atoms with Gasteiger partial charge in [-0.05, 0) is 26.2 Å². The summed E-state index contributed by atoms with van der Waals surface area (Å²) in [4.78, 5) is 11.6. The van der Waals surface area contributed by atoms with Crippen LogP contribution in [0.4, 0.5) is 0 Å². The fraction of sp³-hybridized carbons (Fsp3) is 0.900. The number of ether oxygens (including phenoxy) is 2. The maximum absolute atomic E-state index is 11.6. The van der Waals surface area contributed by atoms with Crippen LogP contribution in [0.3, 0.4) is 0 Å². The number of rotatable bonds is 2. The first-order valence-electron chi connectivity index (χ1n) is 5.32. The lowest BCUT2D eigenvalue weighted by molar-refractivity contribution is -0.178. The first-order valence-corrected chi connectivity index (χ1v) is 5.32. The molecule has 1 unspecified atom stereocenters. The van der Waals surface area contributed by atoms with Crippen molar-refractivity contribution < 1.29 is 14.3 Å². The first-order chi connectivity index (χ1) is 6.78. The number of carbonyl (C=O) groups is 1. The molecule has 0 aromatic carbocycles. The second-order valence-corrected chi connectivity index (χ2v) is 3.91. The second kappa shape index (κ2) is 3.87. The van der Waals surface area contributed by atoms with Crippen LogP contribution in [0.1, 0.15) is 26.2 Å². The Bertz CT molecular complexity index is 225. The molecule has 1 saturated carbocycles. The van der Waals surface area contributed by atoms with E-state index >= 15 is 0 Å². The van der Waals surface area contributed by atoms with Crippen LogP contribution < -0.4 is 5.32 Å². The van der Waals surface area contributed by atoms with E-state index in [9.17, 15) is 4.79 Å². The van der Waals surface area contributed by atoms with Gasteiger partial charge in [-0.2, -0.15) is 0 Å². The highest BCUT2D eigenvalue weighted by Crippen LogP contribution is 2.40. The molecular formula is C10H17NO3. The highest BCUT2D eigenvalue weighted by molar-refractivity contribution is 5.77. The van der Waals surface area contributed by atoms with Crippen LogP contribution >= 0.6 is 0 Å². The van der Waals surface area contributed by atoms with Crippen LogP contribution in [0.5, 0.6) is 0 Å². The summed E-state index contributed by atoms with van der Waals surface area (Å²) in [5.41, 5.74) is -0.246. The van der Waals surface area contributed by atoms with E-state index in [-0.39, 0.29) is 17.6 Å². The Morgan fingerprint density at radius 1 is 1.64 bits per heavy atom. The number of nitrogens with one attached hydrogen (secondary N) is 1. The van der Waals surface area contributed by atoms with Gasteiger partial charge in [-0.15, -0.1) is 0 Å². The zero-order valence-electron chi connectivity index (χ0n) is 8.54. The average molecular weight is 199 g/mol. The molecule has 0 bridgehead atoms. The Morgan fingerprint density at radius 2 is 2.43 bits per heavy atom. The summed E-state index contributed by atoms with van der Waals surface area (Å²) in [6.07, 6.45) is 3.10. The zero-order valence-corrected chi connectivity index (χ0v) is 8.54. The number of carbonyl (C=O) groups excluding carboxylic acids is 1. The Kier molecular flexibility index (Phi) is 2.74. The number of hydrogen-bond donors (Lipinski definition) is 1. The third kappa shape index (κ3) is 1.53. The molecule has 80 valence electrons. The lowest BCUT2D eigenvalue weighted by atomic mass is 9.73. The van der Waals surface area contributed by atoms with Crippen LogP contribution in [-0.4, -0.2) is 37.4 Å². The van der Waals surface area contributed by atoms with Gasteiger partial charge >= 0.3 is 5.97 Å². The van der Waals surface area contributed by atoms with Crippen LogP contribution in [-0.2, 0) is 14.3 Å². The molecule has 1 spiro atoms. The molecule has 4 nitrogen and oxygen atoms in total. The van der Waals surface area contributed by atoms with Gasteiger partial charge < -0.3 is 9.47 Å². The molecule has 1 heterocycles. The highest BCUT2D eigenvalue weighted by Gasteiger charge is 2.51. The molecule has 1 N–H and O–H groups in total. The fourth-order valence-corrected chi connectivity index (χ4v) is 2.21. The quantitative estimate of drug-likeness (QED) is 0.656. The van der Waals surface area contributed by atoms with E-state index in [2.05, 4.69) is 5.32 Å². The number of morpholine rings is 1. The maximum Gasteiger partial charge on any atom is 0.326 e. The highest BCUT2D eigenvalue weighted by atomic mass is 16.5. The largest absolute Gasteiger partial charge is 0.465 e. The summed E-state index contributed by atoms with van der Waals surface area (Å²) in [7, 11) is 0. The molecule has 1 aliphatic heterocycles. The molecule has 4 heteroatoms. The number of esters is 1. The lowest BCUT2D eigenvalue weighted by Gasteiger charge is -2.48. The van der Waals surface area contributed by atoms with E-state index < -0.39 is 0 Å². The summed E-state index contributed by atoms with van der Waals surface area (Å²) >= 11 is 0. The molecule has 0 aromatic rings. The zero-order chi connectivity index (χ0) is 10.0. The van der Waals surface area contributed by atoms with Crippen molar-refractivity contribution in [2.75, 3.05) is 19.8 Å². The van der Waals surface area contributed by atoms with Crippen molar-refractivity contribution >= 4 is 5.97 Å². The molecule has 0 aromatic heterocycles. The van der Waals surface area contributed by atoms with Crippen molar-refractivity contribution in [1.82, 2.24) is 5.32 Å². The average Bonchev–Trinajstić information content (AvgIpc) is 2.16. The van der Waals surface area contributed by atoms with E-state index in [4.69, 9.17) is 9.47 Å². The third-order valence-electron chi connectivity index (χ3n) is 3.09. The molecule has 14 heavy (non-hydrogen) atoms. The van der Waals surface area contributed by atoms with Gasteiger partial charge in [0.25, 0.3) is 0 Å². The van der Waals surface area contributed by atoms with Gasteiger partial charge in [-0.1, -0.05) is 0 Å². The van der Waals surface area contributed by atoms with E-state index in [1.165, 1.54) is 0 Å².